The van der Waals surface area contributed by atoms with Gasteiger partial charge in [0.05, 0.1) is 10.6 Å². The van der Waals surface area contributed by atoms with Gasteiger partial charge >= 0.3 is 0 Å². The van der Waals surface area contributed by atoms with Gasteiger partial charge in [0.2, 0.25) is 0 Å². The fraction of sp³-hybridized carbons (Fsp3) is 0.176. The van der Waals surface area contributed by atoms with Gasteiger partial charge in [0.15, 0.2) is 0 Å². The molecule has 0 bridgehead atoms. The maximum atomic E-state index is 12.8. The summed E-state index contributed by atoms with van der Waals surface area (Å²) in [4.78, 5) is 0.344. The molecule has 4 heteroatoms. The molecule has 0 atom stereocenters. The van der Waals surface area contributed by atoms with E-state index in [-0.39, 0.29) is 0 Å². The van der Waals surface area contributed by atoms with E-state index in [2.05, 4.69) is 0 Å². The van der Waals surface area contributed by atoms with Crippen LogP contribution in [-0.2, 0) is 10.0 Å². The summed E-state index contributed by atoms with van der Waals surface area (Å²) < 4.78 is 27.1. The van der Waals surface area contributed by atoms with Crippen molar-refractivity contribution in [3.8, 4) is 0 Å². The van der Waals surface area contributed by atoms with E-state index in [1.807, 2.05) is 55.5 Å². The lowest BCUT2D eigenvalue weighted by atomic mass is 10.2. The van der Waals surface area contributed by atoms with Crippen molar-refractivity contribution in [2.75, 3.05) is 6.54 Å². The van der Waals surface area contributed by atoms with Crippen molar-refractivity contribution < 1.29 is 8.42 Å². The molecule has 0 spiro atoms. The second-order valence-electron chi connectivity index (χ2n) is 5.13. The summed E-state index contributed by atoms with van der Waals surface area (Å²) in [7, 11) is -3.49. The smallest absolute Gasteiger partial charge is 0.264 e. The normalized spacial score (nSPS) is 15.1. The van der Waals surface area contributed by atoms with Gasteiger partial charge in [-0.05, 0) is 31.0 Å². The number of hydrogen-bond donors (Lipinski definition) is 0. The summed E-state index contributed by atoms with van der Waals surface area (Å²) in [5.41, 5.74) is 2.76. The maximum Gasteiger partial charge on any atom is 0.264 e. The Morgan fingerprint density at radius 1 is 0.952 bits per heavy atom. The monoisotopic (exact) mass is 299 g/mol. The van der Waals surface area contributed by atoms with Crippen molar-refractivity contribution in [1.29, 1.82) is 0 Å². The third kappa shape index (κ3) is 2.59. The standard InChI is InChI=1S/C17H17NO2S/c1-14-9-11-16(12-10-14)21(19,20)18-13-5-8-17(18)15-6-3-2-4-7-15/h2-4,6-12H,5,13H2,1H3. The van der Waals surface area contributed by atoms with E-state index in [4.69, 9.17) is 0 Å². The summed E-state index contributed by atoms with van der Waals surface area (Å²) in [6.07, 6.45) is 2.73. The zero-order chi connectivity index (χ0) is 14.9. The molecule has 2 aromatic carbocycles. The highest BCUT2D eigenvalue weighted by Crippen LogP contribution is 2.31. The van der Waals surface area contributed by atoms with Crippen molar-refractivity contribution in [3.05, 3.63) is 71.8 Å². The molecule has 0 N–H and O–H groups in total. The van der Waals surface area contributed by atoms with Gasteiger partial charge in [0.25, 0.3) is 10.0 Å². The Labute approximate surface area is 125 Å². The summed E-state index contributed by atoms with van der Waals surface area (Å²) >= 11 is 0. The lowest BCUT2D eigenvalue weighted by Gasteiger charge is -2.22. The zero-order valence-corrected chi connectivity index (χ0v) is 12.7. The average Bonchev–Trinajstić information content (AvgIpc) is 2.99. The van der Waals surface area contributed by atoms with Crippen molar-refractivity contribution in [2.45, 2.75) is 18.2 Å². The molecule has 0 fully saturated rings. The Morgan fingerprint density at radius 3 is 2.29 bits per heavy atom. The predicted molar refractivity (Wildman–Crippen MR) is 84.1 cm³/mol. The maximum absolute atomic E-state index is 12.8. The minimum atomic E-state index is -3.49. The average molecular weight is 299 g/mol. The lowest BCUT2D eigenvalue weighted by molar-refractivity contribution is 0.525. The van der Waals surface area contributed by atoms with Gasteiger partial charge in [0, 0.05) is 6.54 Å². The largest absolute Gasteiger partial charge is 0.266 e. The van der Waals surface area contributed by atoms with Gasteiger partial charge < -0.3 is 0 Å². The number of nitrogens with zero attached hydrogens (tertiary/aromatic N) is 1. The van der Waals surface area contributed by atoms with E-state index in [9.17, 15) is 8.42 Å². The Hall–Kier alpha value is -2.07. The Balaban J connectivity index is 1.99. The second kappa shape index (κ2) is 5.37. The molecule has 0 saturated carbocycles. The van der Waals surface area contributed by atoms with E-state index in [0.717, 1.165) is 23.2 Å². The van der Waals surface area contributed by atoms with Crippen LogP contribution in [0.3, 0.4) is 0 Å². The van der Waals surface area contributed by atoms with Gasteiger partial charge in [-0.15, -0.1) is 0 Å². The minimum absolute atomic E-state index is 0.344. The van der Waals surface area contributed by atoms with Crippen LogP contribution in [0.5, 0.6) is 0 Å². The second-order valence-corrected chi connectivity index (χ2v) is 7.00. The number of hydrogen-bond acceptors (Lipinski definition) is 2. The van der Waals surface area contributed by atoms with Crippen LogP contribution in [0.4, 0.5) is 0 Å². The van der Waals surface area contributed by atoms with E-state index < -0.39 is 10.0 Å². The fourth-order valence-corrected chi connectivity index (χ4v) is 4.02. The summed E-state index contributed by atoms with van der Waals surface area (Å²) in [5.74, 6) is 0. The molecule has 0 radical (unpaired) electrons. The van der Waals surface area contributed by atoms with Crippen molar-refractivity contribution >= 4 is 15.7 Å². The summed E-state index contributed by atoms with van der Waals surface area (Å²) in [6, 6.07) is 16.7. The third-order valence-electron chi connectivity index (χ3n) is 3.62. The van der Waals surface area contributed by atoms with Gasteiger partial charge in [-0.1, -0.05) is 54.1 Å². The highest BCUT2D eigenvalue weighted by atomic mass is 32.2. The molecule has 0 saturated heterocycles. The highest BCUT2D eigenvalue weighted by Gasteiger charge is 2.29. The van der Waals surface area contributed by atoms with Gasteiger partial charge in [-0.25, -0.2) is 8.42 Å². The first-order chi connectivity index (χ1) is 10.1. The van der Waals surface area contributed by atoms with Gasteiger partial charge in [-0.2, -0.15) is 0 Å². The molecular formula is C17H17NO2S. The topological polar surface area (TPSA) is 37.4 Å². The number of sulfonamides is 1. The zero-order valence-electron chi connectivity index (χ0n) is 11.9. The van der Waals surface area contributed by atoms with Crippen molar-refractivity contribution in [1.82, 2.24) is 4.31 Å². The minimum Gasteiger partial charge on any atom is -0.266 e. The van der Waals surface area contributed by atoms with Crippen LogP contribution in [-0.4, -0.2) is 19.3 Å². The molecule has 108 valence electrons. The van der Waals surface area contributed by atoms with Gasteiger partial charge in [0.1, 0.15) is 0 Å². The van der Waals surface area contributed by atoms with Gasteiger partial charge in [-0.3, -0.25) is 4.31 Å². The third-order valence-corrected chi connectivity index (χ3v) is 5.44. The Kier molecular flexibility index (Phi) is 3.55. The first kappa shape index (κ1) is 13.9. The number of aryl methyl sites for hydroxylation is 1. The molecule has 1 aliphatic heterocycles. The quantitative estimate of drug-likeness (QED) is 0.870. The SMILES string of the molecule is Cc1ccc(S(=O)(=O)N2CCC=C2c2ccccc2)cc1. The molecule has 2 aromatic rings. The summed E-state index contributed by atoms with van der Waals surface area (Å²) in [6.45, 7) is 2.45. The van der Waals surface area contributed by atoms with E-state index in [1.54, 1.807) is 12.1 Å². The van der Waals surface area contributed by atoms with Crippen molar-refractivity contribution in [2.24, 2.45) is 0 Å². The molecule has 0 aliphatic carbocycles. The summed E-state index contributed by atoms with van der Waals surface area (Å²) in [5, 5.41) is 0. The molecule has 1 heterocycles. The van der Waals surface area contributed by atoms with Crippen LogP contribution < -0.4 is 0 Å². The van der Waals surface area contributed by atoms with Crippen LogP contribution in [0.25, 0.3) is 5.70 Å². The molecule has 0 amide bonds. The first-order valence-corrected chi connectivity index (χ1v) is 8.38. The molecule has 21 heavy (non-hydrogen) atoms. The van der Waals surface area contributed by atoms with E-state index in [1.165, 1.54) is 4.31 Å². The lowest BCUT2D eigenvalue weighted by Crippen LogP contribution is -2.27. The fourth-order valence-electron chi connectivity index (χ4n) is 2.50. The molecule has 3 rings (SSSR count). The van der Waals surface area contributed by atoms with E-state index in [0.29, 0.717) is 11.4 Å². The predicted octanol–water partition coefficient (Wildman–Crippen LogP) is 3.43. The van der Waals surface area contributed by atoms with Crippen molar-refractivity contribution in [3.63, 3.8) is 0 Å². The molecular weight excluding hydrogens is 282 g/mol. The highest BCUT2D eigenvalue weighted by molar-refractivity contribution is 7.89. The number of benzene rings is 2. The van der Waals surface area contributed by atoms with Crippen LogP contribution in [0.1, 0.15) is 17.5 Å². The van der Waals surface area contributed by atoms with Crippen LogP contribution in [0.2, 0.25) is 0 Å². The Morgan fingerprint density at radius 2 is 1.62 bits per heavy atom. The molecule has 0 unspecified atom stereocenters. The molecule has 3 nitrogen and oxygen atoms in total. The van der Waals surface area contributed by atoms with Crippen LogP contribution >= 0.6 is 0 Å². The van der Waals surface area contributed by atoms with E-state index >= 15 is 0 Å². The molecule has 1 aliphatic rings. The van der Waals surface area contributed by atoms with Crippen LogP contribution in [0, 0.1) is 6.92 Å². The van der Waals surface area contributed by atoms with Crippen LogP contribution in [0.15, 0.2) is 65.6 Å². The molecule has 0 aromatic heterocycles. The first-order valence-electron chi connectivity index (χ1n) is 6.94. The Bertz CT molecular complexity index is 762. The number of rotatable bonds is 3.